The second-order valence-electron chi connectivity index (χ2n) is 5.53. The summed E-state index contributed by atoms with van der Waals surface area (Å²) in [5, 5.41) is 7.57. The highest BCUT2D eigenvalue weighted by Crippen LogP contribution is 2.27. The van der Waals surface area contributed by atoms with Crippen LogP contribution in [0.25, 0.3) is 0 Å². The molecule has 2 unspecified atom stereocenters. The molecule has 0 saturated carbocycles. The van der Waals surface area contributed by atoms with Crippen LogP contribution in [0.4, 0.5) is 0 Å². The molecule has 1 fully saturated rings. The molecule has 1 aromatic heterocycles. The first-order valence-electron chi connectivity index (χ1n) is 7.44. The van der Waals surface area contributed by atoms with Crippen LogP contribution in [-0.4, -0.2) is 62.1 Å². The number of nitrogens with zero attached hydrogens (tertiary/aromatic N) is 2. The largest absolute Gasteiger partial charge is 0.378 e. The molecule has 1 aromatic rings. The van der Waals surface area contributed by atoms with Crippen molar-refractivity contribution in [2.45, 2.75) is 25.6 Å². The minimum Gasteiger partial charge on any atom is -0.378 e. The molecule has 21 heavy (non-hydrogen) atoms. The van der Waals surface area contributed by atoms with Gasteiger partial charge in [0.1, 0.15) is 6.17 Å². The molecule has 1 saturated heterocycles. The number of carbonyl (C=O) groups excluding carboxylic acids is 1. The predicted molar refractivity (Wildman–Crippen MR) is 85.4 cm³/mol. The van der Waals surface area contributed by atoms with Crippen molar-refractivity contribution in [3.63, 3.8) is 0 Å². The van der Waals surface area contributed by atoms with Gasteiger partial charge in [0, 0.05) is 13.1 Å². The van der Waals surface area contributed by atoms with Gasteiger partial charge in [0.25, 0.3) is 0 Å². The zero-order chi connectivity index (χ0) is 15.2. The van der Waals surface area contributed by atoms with E-state index in [9.17, 15) is 4.79 Å². The molecule has 0 spiro atoms. The Morgan fingerprint density at radius 1 is 1.43 bits per heavy atom. The van der Waals surface area contributed by atoms with Crippen LogP contribution in [0.15, 0.2) is 16.8 Å². The number of hydrogen-bond acceptors (Lipinski definition) is 5. The van der Waals surface area contributed by atoms with Crippen molar-refractivity contribution in [2.75, 3.05) is 40.4 Å². The van der Waals surface area contributed by atoms with Crippen molar-refractivity contribution < 1.29 is 9.53 Å². The fourth-order valence-electron chi connectivity index (χ4n) is 2.43. The summed E-state index contributed by atoms with van der Waals surface area (Å²) >= 11 is 1.66. The molecular formula is C15H25N3O2S. The Morgan fingerprint density at radius 3 is 2.86 bits per heavy atom. The Kier molecular flexibility index (Phi) is 6.17. The van der Waals surface area contributed by atoms with E-state index in [2.05, 4.69) is 21.7 Å². The Hall–Kier alpha value is -0.950. The number of likely N-dealkylation sites (N-methyl/N-ethyl adjacent to an activating group) is 1. The molecule has 6 heteroatoms. The summed E-state index contributed by atoms with van der Waals surface area (Å²) in [5.74, 6) is 0.185. The molecule has 0 bridgehead atoms. The monoisotopic (exact) mass is 311 g/mol. The summed E-state index contributed by atoms with van der Waals surface area (Å²) in [7, 11) is 4.05. The number of carbonyl (C=O) groups is 1. The van der Waals surface area contributed by atoms with Gasteiger partial charge in [-0.2, -0.15) is 11.3 Å². The van der Waals surface area contributed by atoms with Crippen LogP contribution in [0.3, 0.4) is 0 Å². The number of hydrogen-bond donors (Lipinski definition) is 1. The van der Waals surface area contributed by atoms with Gasteiger partial charge in [-0.1, -0.05) is 6.92 Å². The zero-order valence-corrected chi connectivity index (χ0v) is 13.9. The number of amides is 1. The van der Waals surface area contributed by atoms with Crippen LogP contribution >= 0.6 is 11.3 Å². The number of rotatable bonds is 8. The summed E-state index contributed by atoms with van der Waals surface area (Å²) in [4.78, 5) is 16.4. The van der Waals surface area contributed by atoms with E-state index in [1.807, 2.05) is 31.3 Å². The lowest BCUT2D eigenvalue weighted by Crippen LogP contribution is -2.34. The van der Waals surface area contributed by atoms with Crippen molar-refractivity contribution in [1.82, 2.24) is 15.1 Å². The van der Waals surface area contributed by atoms with E-state index in [4.69, 9.17) is 4.74 Å². The maximum atomic E-state index is 12.4. The van der Waals surface area contributed by atoms with Crippen molar-refractivity contribution >= 4 is 17.2 Å². The van der Waals surface area contributed by atoms with E-state index in [-0.39, 0.29) is 18.1 Å². The van der Waals surface area contributed by atoms with Gasteiger partial charge in [-0.25, -0.2) is 0 Å². The molecule has 1 aliphatic rings. The van der Waals surface area contributed by atoms with Crippen LogP contribution in [0.1, 0.15) is 25.1 Å². The van der Waals surface area contributed by atoms with Crippen molar-refractivity contribution in [2.24, 2.45) is 0 Å². The van der Waals surface area contributed by atoms with Crippen LogP contribution < -0.4 is 5.32 Å². The molecule has 118 valence electrons. The number of nitrogens with one attached hydrogen (secondary N) is 1. The third-order valence-electron chi connectivity index (χ3n) is 3.68. The summed E-state index contributed by atoms with van der Waals surface area (Å²) in [6, 6.07) is 2.00. The topological polar surface area (TPSA) is 44.8 Å². The third-order valence-corrected chi connectivity index (χ3v) is 4.38. The van der Waals surface area contributed by atoms with Gasteiger partial charge in [-0.05, 0) is 42.9 Å². The maximum absolute atomic E-state index is 12.4. The normalized spacial score (nSPS) is 22.5. The smallest absolute Gasteiger partial charge is 0.241 e. The van der Waals surface area contributed by atoms with Crippen LogP contribution in [0.5, 0.6) is 0 Å². The summed E-state index contributed by atoms with van der Waals surface area (Å²) in [5.41, 5.74) is 1.16. The maximum Gasteiger partial charge on any atom is 0.241 e. The first kappa shape index (κ1) is 16.4. The van der Waals surface area contributed by atoms with Gasteiger partial charge in [0.15, 0.2) is 0 Å². The van der Waals surface area contributed by atoms with Crippen LogP contribution in [0, 0.1) is 0 Å². The fraction of sp³-hybridized carbons (Fsp3) is 0.667. The van der Waals surface area contributed by atoms with Gasteiger partial charge < -0.3 is 14.5 Å². The molecule has 0 aliphatic carbocycles. The van der Waals surface area contributed by atoms with Gasteiger partial charge in [-0.3, -0.25) is 10.1 Å². The highest BCUT2D eigenvalue weighted by molar-refractivity contribution is 7.07. The van der Waals surface area contributed by atoms with Gasteiger partial charge in [0.2, 0.25) is 5.91 Å². The minimum absolute atomic E-state index is 0.00820. The second-order valence-corrected chi connectivity index (χ2v) is 6.31. The van der Waals surface area contributed by atoms with E-state index in [1.165, 1.54) is 0 Å². The summed E-state index contributed by atoms with van der Waals surface area (Å²) < 4.78 is 5.63. The molecule has 2 rings (SSSR count). The molecule has 1 aliphatic heterocycles. The lowest BCUT2D eigenvalue weighted by Gasteiger charge is -2.23. The zero-order valence-electron chi connectivity index (χ0n) is 13.0. The fourth-order valence-corrected chi connectivity index (χ4v) is 3.11. The number of ether oxygens (including phenoxy) is 1. The van der Waals surface area contributed by atoms with Crippen LogP contribution in [-0.2, 0) is 9.53 Å². The summed E-state index contributed by atoms with van der Waals surface area (Å²) in [6.07, 6.45) is 0.809. The van der Waals surface area contributed by atoms with Gasteiger partial charge >= 0.3 is 0 Å². The van der Waals surface area contributed by atoms with Crippen molar-refractivity contribution in [3.8, 4) is 0 Å². The molecular weight excluding hydrogens is 286 g/mol. The predicted octanol–water partition coefficient (Wildman–Crippen LogP) is 1.54. The highest BCUT2D eigenvalue weighted by atomic mass is 32.1. The second kappa shape index (κ2) is 7.89. The first-order valence-corrected chi connectivity index (χ1v) is 8.39. The molecule has 2 heterocycles. The first-order chi connectivity index (χ1) is 10.1. The Balaban J connectivity index is 1.89. The quantitative estimate of drug-likeness (QED) is 0.740. The van der Waals surface area contributed by atoms with E-state index in [0.717, 1.165) is 18.5 Å². The Labute approximate surface area is 130 Å². The van der Waals surface area contributed by atoms with Crippen molar-refractivity contribution in [3.05, 3.63) is 22.4 Å². The molecule has 0 radical (unpaired) electrons. The SMILES string of the molecule is CCC1NC(c2ccsc2)N(CCOCCN(C)C)C1=O. The lowest BCUT2D eigenvalue weighted by molar-refractivity contribution is -0.130. The standard InChI is InChI=1S/C15H25N3O2S/c1-4-13-15(19)18(7-9-20-8-6-17(2)3)14(16-13)12-5-10-21-11-12/h5,10-11,13-14,16H,4,6-9H2,1-3H3. The van der Waals surface area contributed by atoms with E-state index >= 15 is 0 Å². The van der Waals surface area contributed by atoms with Gasteiger partial charge in [-0.15, -0.1) is 0 Å². The average Bonchev–Trinajstić information content (AvgIpc) is 3.07. The molecule has 1 N–H and O–H groups in total. The number of thiophene rings is 1. The molecule has 0 aromatic carbocycles. The molecule has 2 atom stereocenters. The van der Waals surface area contributed by atoms with Crippen LogP contribution in [0.2, 0.25) is 0 Å². The molecule has 1 amide bonds. The molecule has 5 nitrogen and oxygen atoms in total. The van der Waals surface area contributed by atoms with E-state index < -0.39 is 0 Å². The average molecular weight is 311 g/mol. The Bertz CT molecular complexity index is 436. The Morgan fingerprint density at radius 2 is 2.24 bits per heavy atom. The lowest BCUT2D eigenvalue weighted by atomic mass is 10.2. The minimum atomic E-state index is -0.0725. The third kappa shape index (κ3) is 4.26. The van der Waals surface area contributed by atoms with E-state index in [1.54, 1.807) is 11.3 Å². The van der Waals surface area contributed by atoms with Gasteiger partial charge in [0.05, 0.1) is 19.3 Å². The van der Waals surface area contributed by atoms with Crippen molar-refractivity contribution in [1.29, 1.82) is 0 Å². The highest BCUT2D eigenvalue weighted by Gasteiger charge is 2.38. The summed E-state index contributed by atoms with van der Waals surface area (Å²) in [6.45, 7) is 4.85. The van der Waals surface area contributed by atoms with E-state index in [0.29, 0.717) is 19.8 Å².